The molecule has 0 radical (unpaired) electrons. The zero-order chi connectivity index (χ0) is 47.6. The van der Waals surface area contributed by atoms with Gasteiger partial charge in [-0.05, 0) is 115 Å². The number of halogens is 2. The number of methoxy groups -OCH3 is 1. The minimum Gasteiger partial charge on any atom is -0.496 e. The Kier molecular flexibility index (Phi) is 23.3. The van der Waals surface area contributed by atoms with Crippen molar-refractivity contribution >= 4 is 29.5 Å². The standard InChI is InChI=1S/C14H22O2.2C12H18O2S.C11H14F2O2S/c1-5-8-16-10-13-7-6-12(11(2)3)9-14(13)15-4;1-9(2)11-5-7-12(8-6-11)15(13,14)10(3)4;1-4-9-15(13,14)12-7-5-11(6-8-12)10(2)3;1-8(2)9-4-6-10(7-5-9)16(14,15)11(3,12)13/h6-7,9,11H,5,8,10H2,1-4H3;5-10H,1-4H3;5-8,10H,4,9H2,1-3H3;4-8H,1-3H3. The van der Waals surface area contributed by atoms with Gasteiger partial charge >= 0.3 is 5.25 Å². The summed E-state index contributed by atoms with van der Waals surface area (Å²) in [4.78, 5) is 0.514. The molecule has 0 bridgehead atoms. The molecule has 0 spiro atoms. The fourth-order valence-corrected chi connectivity index (χ4v) is 8.86. The van der Waals surface area contributed by atoms with E-state index in [4.69, 9.17) is 9.47 Å². The van der Waals surface area contributed by atoms with Crippen LogP contribution in [0.15, 0.2) is 106 Å². The van der Waals surface area contributed by atoms with Gasteiger partial charge in [0.1, 0.15) is 5.75 Å². The summed E-state index contributed by atoms with van der Waals surface area (Å²) < 4.78 is 106. The number of benzene rings is 4. The largest absolute Gasteiger partial charge is 0.496 e. The van der Waals surface area contributed by atoms with Crippen LogP contribution < -0.4 is 4.74 Å². The predicted molar refractivity (Wildman–Crippen MR) is 251 cm³/mol. The van der Waals surface area contributed by atoms with Crippen molar-refractivity contribution < 1.29 is 43.5 Å². The molecule has 0 saturated carbocycles. The average Bonchev–Trinajstić information content (AvgIpc) is 3.21. The Morgan fingerprint density at radius 2 is 0.935 bits per heavy atom. The van der Waals surface area contributed by atoms with E-state index in [2.05, 4.69) is 66.7 Å². The third-order valence-electron chi connectivity index (χ3n) is 9.79. The van der Waals surface area contributed by atoms with E-state index in [1.165, 1.54) is 23.3 Å². The molecule has 13 heteroatoms. The van der Waals surface area contributed by atoms with E-state index in [0.717, 1.165) is 35.5 Å². The molecule has 0 saturated heterocycles. The molecule has 0 unspecified atom stereocenters. The van der Waals surface area contributed by atoms with Crippen LogP contribution in [0, 0.1) is 0 Å². The highest BCUT2D eigenvalue weighted by molar-refractivity contribution is 7.92. The topological polar surface area (TPSA) is 121 Å². The Morgan fingerprint density at radius 3 is 1.27 bits per heavy atom. The summed E-state index contributed by atoms with van der Waals surface area (Å²) in [6.45, 7) is 25.8. The highest BCUT2D eigenvalue weighted by atomic mass is 32.2. The molecule has 4 rings (SSSR count). The van der Waals surface area contributed by atoms with Crippen molar-refractivity contribution in [2.24, 2.45) is 0 Å². The molecule has 0 aliphatic rings. The van der Waals surface area contributed by atoms with Crippen molar-refractivity contribution in [3.63, 3.8) is 0 Å². The zero-order valence-electron chi connectivity index (χ0n) is 39.3. The summed E-state index contributed by atoms with van der Waals surface area (Å²) in [5, 5.41) is -4.10. The zero-order valence-corrected chi connectivity index (χ0v) is 41.8. The quantitative estimate of drug-likeness (QED) is 0.102. The Morgan fingerprint density at radius 1 is 0.548 bits per heavy atom. The van der Waals surface area contributed by atoms with Crippen LogP contribution in [0.5, 0.6) is 5.75 Å². The summed E-state index contributed by atoms with van der Waals surface area (Å²) in [5.41, 5.74) is 5.68. The van der Waals surface area contributed by atoms with Gasteiger partial charge in [0.2, 0.25) is 9.84 Å². The third-order valence-corrected chi connectivity index (χ3v) is 15.7. The second kappa shape index (κ2) is 25.6. The van der Waals surface area contributed by atoms with Crippen LogP contribution in [0.25, 0.3) is 0 Å². The lowest BCUT2D eigenvalue weighted by Gasteiger charge is -2.12. The molecule has 348 valence electrons. The van der Waals surface area contributed by atoms with Gasteiger partial charge in [-0.2, -0.15) is 8.78 Å². The summed E-state index contributed by atoms with van der Waals surface area (Å²) in [6, 6.07) is 26.3. The van der Waals surface area contributed by atoms with Crippen LogP contribution in [-0.4, -0.2) is 55.2 Å². The first-order valence-corrected chi connectivity index (χ1v) is 26.0. The van der Waals surface area contributed by atoms with Gasteiger partial charge in [-0.1, -0.05) is 118 Å². The molecule has 4 aromatic carbocycles. The van der Waals surface area contributed by atoms with Gasteiger partial charge in [-0.15, -0.1) is 0 Å². The normalized spacial score (nSPS) is 12.1. The molecule has 0 fully saturated rings. The summed E-state index contributed by atoms with van der Waals surface area (Å²) in [5.74, 6) is 2.79. The minimum atomic E-state index is -4.55. The Balaban J connectivity index is 0.000000414. The van der Waals surface area contributed by atoms with Crippen LogP contribution in [0.2, 0.25) is 0 Å². The second-order valence-corrected chi connectivity index (χ2v) is 23.5. The minimum absolute atomic E-state index is 0.230. The number of rotatable bonds is 16. The van der Waals surface area contributed by atoms with Crippen molar-refractivity contribution in [2.75, 3.05) is 19.5 Å². The molecule has 62 heavy (non-hydrogen) atoms. The van der Waals surface area contributed by atoms with Crippen LogP contribution in [0.1, 0.15) is 154 Å². The molecule has 0 heterocycles. The van der Waals surface area contributed by atoms with E-state index in [0.29, 0.717) is 47.5 Å². The smallest absolute Gasteiger partial charge is 0.347 e. The maximum Gasteiger partial charge on any atom is 0.347 e. The predicted octanol–water partition coefficient (Wildman–Crippen LogP) is 12.9. The van der Waals surface area contributed by atoms with E-state index in [-0.39, 0.29) is 21.8 Å². The molecular weight excluding hydrogens is 851 g/mol. The summed E-state index contributed by atoms with van der Waals surface area (Å²) >= 11 is 0. The first-order valence-electron chi connectivity index (χ1n) is 21.3. The lowest BCUT2D eigenvalue weighted by atomic mass is 10.0. The van der Waals surface area contributed by atoms with E-state index in [1.54, 1.807) is 57.4 Å². The molecule has 0 aliphatic heterocycles. The Hall–Kier alpha value is -3.65. The summed E-state index contributed by atoms with van der Waals surface area (Å²) in [6.07, 6.45) is 1.71. The van der Waals surface area contributed by atoms with Gasteiger partial charge < -0.3 is 9.47 Å². The summed E-state index contributed by atoms with van der Waals surface area (Å²) in [7, 11) is -9.01. The van der Waals surface area contributed by atoms with Crippen molar-refractivity contribution in [1.29, 1.82) is 0 Å². The Bertz CT molecular complexity index is 2240. The van der Waals surface area contributed by atoms with Gasteiger partial charge in [0.05, 0.1) is 39.4 Å². The van der Waals surface area contributed by atoms with Crippen LogP contribution in [-0.2, 0) is 40.9 Å². The first-order chi connectivity index (χ1) is 28.7. The van der Waals surface area contributed by atoms with Crippen molar-refractivity contribution in [2.45, 2.75) is 158 Å². The molecule has 0 aliphatic carbocycles. The van der Waals surface area contributed by atoms with E-state index < -0.39 is 34.8 Å². The van der Waals surface area contributed by atoms with Gasteiger partial charge in [-0.25, -0.2) is 25.3 Å². The maximum atomic E-state index is 12.9. The SMILES string of the molecule is CC(C)c1ccc(S(=O)(=O)C(C)(F)F)cc1.CC(C)c1ccc(S(=O)(=O)C(C)C)cc1.CCCOCc1ccc(C(C)C)cc1OC.CCCS(=O)(=O)c1ccc(C(C)C)cc1. The van der Waals surface area contributed by atoms with Crippen LogP contribution >= 0.6 is 0 Å². The fourth-order valence-electron chi connectivity index (χ4n) is 5.57. The molecule has 8 nitrogen and oxygen atoms in total. The molecule has 0 N–H and O–H groups in total. The Labute approximate surface area is 373 Å². The molecule has 0 aromatic heterocycles. The maximum absolute atomic E-state index is 12.9. The lowest BCUT2D eigenvalue weighted by Crippen LogP contribution is -2.24. The highest BCUT2D eigenvalue weighted by Crippen LogP contribution is 2.29. The molecule has 0 atom stereocenters. The van der Waals surface area contributed by atoms with Gasteiger partial charge in [0, 0.05) is 19.1 Å². The first kappa shape index (κ1) is 56.4. The van der Waals surface area contributed by atoms with E-state index in [1.807, 2.05) is 45.0 Å². The fraction of sp³-hybridized carbons (Fsp3) is 0.510. The molecule has 0 amide bonds. The monoisotopic (exact) mass is 922 g/mol. The van der Waals surface area contributed by atoms with E-state index in [9.17, 15) is 34.0 Å². The number of alkyl halides is 2. The van der Waals surface area contributed by atoms with Crippen LogP contribution in [0.3, 0.4) is 0 Å². The molecular formula is C49H72F2O8S3. The van der Waals surface area contributed by atoms with Crippen molar-refractivity contribution in [1.82, 2.24) is 0 Å². The van der Waals surface area contributed by atoms with E-state index >= 15 is 0 Å². The number of hydrogen-bond acceptors (Lipinski definition) is 8. The number of hydrogen-bond donors (Lipinski definition) is 0. The van der Waals surface area contributed by atoms with Crippen molar-refractivity contribution in [3.8, 4) is 5.75 Å². The number of ether oxygens (including phenoxy) is 2. The van der Waals surface area contributed by atoms with Gasteiger partial charge in [0.25, 0.3) is 0 Å². The third kappa shape index (κ3) is 17.5. The second-order valence-electron chi connectivity index (χ2n) is 16.7. The van der Waals surface area contributed by atoms with Gasteiger partial charge in [0.15, 0.2) is 19.7 Å². The highest BCUT2D eigenvalue weighted by Gasteiger charge is 2.40. The molecule has 4 aromatic rings. The average molecular weight is 923 g/mol. The lowest BCUT2D eigenvalue weighted by molar-refractivity contribution is 0.114. The van der Waals surface area contributed by atoms with Crippen molar-refractivity contribution in [3.05, 3.63) is 119 Å². The number of sulfone groups is 3. The van der Waals surface area contributed by atoms with Crippen LogP contribution in [0.4, 0.5) is 8.78 Å². The van der Waals surface area contributed by atoms with Gasteiger partial charge in [-0.3, -0.25) is 0 Å².